The Morgan fingerprint density at radius 3 is 2.42 bits per heavy atom. The molecule has 2 rings (SSSR count). The third-order valence-corrected chi connectivity index (χ3v) is 5.30. The molecule has 1 N–H and O–H groups in total. The van der Waals surface area contributed by atoms with E-state index in [9.17, 15) is 8.42 Å². The summed E-state index contributed by atoms with van der Waals surface area (Å²) in [5.74, 6) is 0. The monoisotopic (exact) mass is 282 g/mol. The fourth-order valence-corrected chi connectivity index (χ4v) is 3.64. The predicted molar refractivity (Wildman–Crippen MR) is 77.4 cm³/mol. The second-order valence-electron chi connectivity index (χ2n) is 5.42. The van der Waals surface area contributed by atoms with E-state index in [1.54, 1.807) is 0 Å². The minimum absolute atomic E-state index is 0.130. The van der Waals surface area contributed by atoms with Gasteiger partial charge in [0.05, 0.1) is 5.25 Å². The van der Waals surface area contributed by atoms with Crippen LogP contribution >= 0.6 is 0 Å². The van der Waals surface area contributed by atoms with Crippen molar-refractivity contribution in [1.82, 2.24) is 9.62 Å². The summed E-state index contributed by atoms with van der Waals surface area (Å²) in [6, 6.07) is 9.68. The highest BCUT2D eigenvalue weighted by Crippen LogP contribution is 2.29. The van der Waals surface area contributed by atoms with E-state index in [1.807, 2.05) is 44.4 Å². The Morgan fingerprint density at radius 2 is 1.89 bits per heavy atom. The summed E-state index contributed by atoms with van der Waals surface area (Å²) >= 11 is 0. The van der Waals surface area contributed by atoms with Crippen molar-refractivity contribution in [2.75, 3.05) is 20.6 Å². The van der Waals surface area contributed by atoms with Crippen LogP contribution in [0.5, 0.6) is 0 Å². The molecule has 0 radical (unpaired) electrons. The van der Waals surface area contributed by atoms with Gasteiger partial charge in [0, 0.05) is 6.04 Å². The summed E-state index contributed by atoms with van der Waals surface area (Å²) in [7, 11) is 0.844. The Hall–Kier alpha value is -0.910. The number of rotatable bonds is 7. The summed E-state index contributed by atoms with van der Waals surface area (Å²) < 4.78 is 27.1. The van der Waals surface area contributed by atoms with E-state index in [1.165, 1.54) is 0 Å². The molecule has 0 amide bonds. The molecule has 1 aromatic rings. The molecule has 1 aliphatic carbocycles. The zero-order valence-corrected chi connectivity index (χ0v) is 12.4. The van der Waals surface area contributed by atoms with Gasteiger partial charge >= 0.3 is 0 Å². The van der Waals surface area contributed by atoms with Crippen molar-refractivity contribution in [2.45, 2.75) is 30.6 Å². The van der Waals surface area contributed by atoms with Gasteiger partial charge in [0.1, 0.15) is 0 Å². The second kappa shape index (κ2) is 6.03. The van der Waals surface area contributed by atoms with Crippen LogP contribution in [-0.4, -0.2) is 39.2 Å². The minimum Gasteiger partial charge on any atom is -0.309 e. The maximum absolute atomic E-state index is 12.1. The van der Waals surface area contributed by atoms with E-state index < -0.39 is 10.0 Å². The number of hydrogen-bond donors (Lipinski definition) is 1. The van der Waals surface area contributed by atoms with Gasteiger partial charge in [-0.05, 0) is 45.5 Å². The standard InChI is InChI=1S/C14H22N2O2S/c1-16(2)11-10-14(12-6-4-3-5-7-12)15-19(17,18)13-8-9-13/h3-7,13-15H,8-11H2,1-2H3/t14-/m0/s1. The van der Waals surface area contributed by atoms with Crippen LogP contribution in [0.15, 0.2) is 30.3 Å². The average molecular weight is 282 g/mol. The van der Waals surface area contributed by atoms with Crippen molar-refractivity contribution < 1.29 is 8.42 Å². The van der Waals surface area contributed by atoms with Gasteiger partial charge in [-0.15, -0.1) is 0 Å². The third kappa shape index (κ3) is 4.30. The predicted octanol–water partition coefficient (Wildman–Crippen LogP) is 1.76. The summed E-state index contributed by atoms with van der Waals surface area (Å²) in [5, 5.41) is -0.168. The quantitative estimate of drug-likeness (QED) is 0.829. The molecule has 1 aromatic carbocycles. The highest BCUT2D eigenvalue weighted by atomic mass is 32.2. The molecule has 0 unspecified atom stereocenters. The second-order valence-corrected chi connectivity index (χ2v) is 7.41. The number of sulfonamides is 1. The Balaban J connectivity index is 2.10. The fourth-order valence-electron chi connectivity index (χ4n) is 2.04. The fraction of sp³-hybridized carbons (Fsp3) is 0.571. The van der Waals surface area contributed by atoms with Crippen LogP contribution in [0.3, 0.4) is 0 Å². The van der Waals surface area contributed by atoms with Gasteiger partial charge in [0.15, 0.2) is 0 Å². The maximum atomic E-state index is 12.1. The van der Waals surface area contributed by atoms with Crippen molar-refractivity contribution >= 4 is 10.0 Å². The Morgan fingerprint density at radius 1 is 1.26 bits per heavy atom. The van der Waals surface area contributed by atoms with Crippen LogP contribution in [0.2, 0.25) is 0 Å². The van der Waals surface area contributed by atoms with Gasteiger partial charge in [0.2, 0.25) is 10.0 Å². The van der Waals surface area contributed by atoms with Gasteiger partial charge in [-0.2, -0.15) is 0 Å². The highest BCUT2D eigenvalue weighted by Gasteiger charge is 2.37. The molecule has 0 spiro atoms. The average Bonchev–Trinajstić information content (AvgIpc) is 3.20. The van der Waals surface area contributed by atoms with Gasteiger partial charge in [-0.3, -0.25) is 0 Å². The molecule has 1 aliphatic rings. The smallest absolute Gasteiger partial charge is 0.215 e. The van der Waals surface area contributed by atoms with Crippen molar-refractivity contribution in [3.63, 3.8) is 0 Å². The first kappa shape index (κ1) is 14.5. The molecule has 1 atom stereocenters. The molecule has 0 saturated heterocycles. The summed E-state index contributed by atoms with van der Waals surface area (Å²) in [5.41, 5.74) is 1.04. The lowest BCUT2D eigenvalue weighted by Crippen LogP contribution is -2.33. The van der Waals surface area contributed by atoms with E-state index >= 15 is 0 Å². The highest BCUT2D eigenvalue weighted by molar-refractivity contribution is 7.90. The van der Waals surface area contributed by atoms with Gasteiger partial charge in [-0.25, -0.2) is 13.1 Å². The topological polar surface area (TPSA) is 49.4 Å². The molecule has 1 fully saturated rings. The molecular formula is C14H22N2O2S. The molecule has 0 aromatic heterocycles. The molecule has 0 bridgehead atoms. The van der Waals surface area contributed by atoms with E-state index in [0.717, 1.165) is 31.4 Å². The molecule has 4 nitrogen and oxygen atoms in total. The van der Waals surface area contributed by atoms with Crippen molar-refractivity contribution in [3.8, 4) is 0 Å². The van der Waals surface area contributed by atoms with Crippen LogP contribution < -0.4 is 4.72 Å². The zero-order chi connectivity index (χ0) is 13.9. The molecule has 5 heteroatoms. The number of benzene rings is 1. The number of nitrogens with zero attached hydrogens (tertiary/aromatic N) is 1. The van der Waals surface area contributed by atoms with E-state index in [0.29, 0.717) is 0 Å². The minimum atomic E-state index is -3.15. The Labute approximate surface area is 115 Å². The van der Waals surface area contributed by atoms with Gasteiger partial charge in [-0.1, -0.05) is 30.3 Å². The third-order valence-electron chi connectivity index (χ3n) is 3.34. The van der Waals surface area contributed by atoms with Crippen molar-refractivity contribution in [3.05, 3.63) is 35.9 Å². The Kier molecular flexibility index (Phi) is 4.60. The maximum Gasteiger partial charge on any atom is 0.215 e. The largest absolute Gasteiger partial charge is 0.309 e. The first-order valence-electron chi connectivity index (χ1n) is 6.70. The van der Waals surface area contributed by atoms with E-state index in [-0.39, 0.29) is 11.3 Å². The van der Waals surface area contributed by atoms with Gasteiger partial charge in [0.25, 0.3) is 0 Å². The summed E-state index contributed by atoms with van der Waals surface area (Å²) in [6.07, 6.45) is 2.37. The van der Waals surface area contributed by atoms with Crippen LogP contribution in [-0.2, 0) is 10.0 Å². The van der Waals surface area contributed by atoms with Crippen molar-refractivity contribution in [2.24, 2.45) is 0 Å². The summed E-state index contributed by atoms with van der Waals surface area (Å²) in [6.45, 7) is 0.854. The lowest BCUT2D eigenvalue weighted by molar-refractivity contribution is 0.375. The number of hydrogen-bond acceptors (Lipinski definition) is 3. The zero-order valence-electron chi connectivity index (χ0n) is 11.5. The molecule has 1 saturated carbocycles. The normalized spacial score (nSPS) is 17.6. The summed E-state index contributed by atoms with van der Waals surface area (Å²) in [4.78, 5) is 2.07. The Bertz CT molecular complexity index is 495. The lowest BCUT2D eigenvalue weighted by atomic mass is 10.0. The molecule has 0 aliphatic heterocycles. The number of nitrogens with one attached hydrogen (secondary N) is 1. The van der Waals surface area contributed by atoms with Crippen LogP contribution in [0.4, 0.5) is 0 Å². The van der Waals surface area contributed by atoms with Crippen LogP contribution in [0.1, 0.15) is 30.9 Å². The molecular weight excluding hydrogens is 260 g/mol. The van der Waals surface area contributed by atoms with E-state index in [4.69, 9.17) is 0 Å². The molecule has 106 valence electrons. The lowest BCUT2D eigenvalue weighted by Gasteiger charge is -2.21. The SMILES string of the molecule is CN(C)CC[C@H](NS(=O)(=O)C1CC1)c1ccccc1. The first-order chi connectivity index (χ1) is 8.99. The van der Waals surface area contributed by atoms with Crippen LogP contribution in [0.25, 0.3) is 0 Å². The molecule has 0 heterocycles. The van der Waals surface area contributed by atoms with Gasteiger partial charge < -0.3 is 4.90 Å². The van der Waals surface area contributed by atoms with Crippen LogP contribution in [0, 0.1) is 0 Å². The molecule has 19 heavy (non-hydrogen) atoms. The van der Waals surface area contributed by atoms with E-state index in [2.05, 4.69) is 9.62 Å². The first-order valence-corrected chi connectivity index (χ1v) is 8.24. The van der Waals surface area contributed by atoms with Crippen molar-refractivity contribution in [1.29, 1.82) is 0 Å².